The van der Waals surface area contributed by atoms with Crippen LogP contribution in [0.25, 0.3) is 0 Å². The van der Waals surface area contributed by atoms with Crippen LogP contribution in [-0.4, -0.2) is 66.7 Å². The Morgan fingerprint density at radius 1 is 1.23 bits per heavy atom. The lowest BCUT2D eigenvalue weighted by molar-refractivity contribution is -0.122. The normalized spacial score (nSPS) is 17.4. The SMILES string of the molecule is COC(=O)c1cnc(C(=O)N2CCn3nc(C4CC4)nc3[C@@H]2CC(C)C)cn1.O=CO. The molecule has 2 aromatic heterocycles. The molecule has 11 heteroatoms. The smallest absolute Gasteiger partial charge is 0.358 e. The molecule has 0 spiro atoms. The van der Waals surface area contributed by atoms with Crippen molar-refractivity contribution in [3.05, 3.63) is 35.4 Å². The lowest BCUT2D eigenvalue weighted by Crippen LogP contribution is -2.43. The number of methoxy groups -OCH3 is 1. The van der Waals surface area contributed by atoms with Gasteiger partial charge in [0.25, 0.3) is 12.4 Å². The minimum Gasteiger partial charge on any atom is -0.483 e. The number of fused-ring (bicyclic) bond motifs is 1. The molecule has 1 amide bonds. The molecule has 1 atom stereocenters. The third-order valence-electron chi connectivity index (χ3n) is 5.11. The Hall–Kier alpha value is -3.37. The molecule has 31 heavy (non-hydrogen) atoms. The Labute approximate surface area is 179 Å². The van der Waals surface area contributed by atoms with Crippen LogP contribution in [0.2, 0.25) is 0 Å². The molecular formula is C20H26N6O5. The van der Waals surface area contributed by atoms with Crippen LogP contribution in [0.5, 0.6) is 0 Å². The summed E-state index contributed by atoms with van der Waals surface area (Å²) < 4.78 is 6.58. The predicted molar refractivity (Wildman–Crippen MR) is 107 cm³/mol. The van der Waals surface area contributed by atoms with Crippen molar-refractivity contribution in [3.63, 3.8) is 0 Å². The molecule has 1 aliphatic heterocycles. The summed E-state index contributed by atoms with van der Waals surface area (Å²) >= 11 is 0. The predicted octanol–water partition coefficient (Wildman–Crippen LogP) is 1.68. The summed E-state index contributed by atoms with van der Waals surface area (Å²) in [6.07, 6.45) is 5.68. The van der Waals surface area contributed by atoms with Crippen molar-refractivity contribution >= 4 is 18.3 Å². The molecule has 0 radical (unpaired) electrons. The molecule has 4 rings (SSSR count). The fraction of sp³-hybridized carbons (Fsp3) is 0.550. The van der Waals surface area contributed by atoms with E-state index in [1.165, 1.54) is 19.5 Å². The van der Waals surface area contributed by atoms with E-state index in [4.69, 9.17) is 14.9 Å². The van der Waals surface area contributed by atoms with Gasteiger partial charge in [0.2, 0.25) is 0 Å². The van der Waals surface area contributed by atoms with E-state index in [1.54, 1.807) is 0 Å². The highest BCUT2D eigenvalue weighted by molar-refractivity contribution is 5.93. The third-order valence-corrected chi connectivity index (χ3v) is 5.11. The number of ether oxygens (including phenoxy) is 1. The molecule has 1 fully saturated rings. The topological polar surface area (TPSA) is 140 Å². The minimum absolute atomic E-state index is 0.0743. The lowest BCUT2D eigenvalue weighted by atomic mass is 10.00. The van der Waals surface area contributed by atoms with E-state index in [0.29, 0.717) is 24.9 Å². The maximum Gasteiger partial charge on any atom is 0.358 e. The Morgan fingerprint density at radius 3 is 2.42 bits per heavy atom. The van der Waals surface area contributed by atoms with Gasteiger partial charge in [0.05, 0.1) is 32.1 Å². The van der Waals surface area contributed by atoms with Gasteiger partial charge in [0.15, 0.2) is 11.5 Å². The minimum atomic E-state index is -0.581. The second-order valence-electron chi connectivity index (χ2n) is 7.85. The average molecular weight is 430 g/mol. The van der Waals surface area contributed by atoms with Crippen LogP contribution in [0, 0.1) is 5.92 Å². The first kappa shape index (κ1) is 22.3. The standard InChI is InChI=1S/C19H24N6O3.CH2O2/c1-11(2)8-15-17-22-16(12-4-5-12)23-25(17)7-6-24(15)18(26)13-9-21-14(10-20-13)19(27)28-3;2-1-3/h9-12,15H,4-8H2,1-3H3;1H,(H,2,3)/t15-;/m0./s1. The van der Waals surface area contributed by atoms with E-state index in [2.05, 4.69) is 33.7 Å². The molecule has 2 aliphatic rings. The largest absolute Gasteiger partial charge is 0.483 e. The molecule has 0 bridgehead atoms. The quantitative estimate of drug-likeness (QED) is 0.554. The first-order valence-electron chi connectivity index (χ1n) is 10.1. The number of hydrogen-bond acceptors (Lipinski definition) is 8. The van der Waals surface area contributed by atoms with Crippen molar-refractivity contribution in [2.75, 3.05) is 13.7 Å². The zero-order valence-electron chi connectivity index (χ0n) is 17.8. The van der Waals surface area contributed by atoms with Gasteiger partial charge in [0.1, 0.15) is 11.5 Å². The van der Waals surface area contributed by atoms with E-state index in [9.17, 15) is 9.59 Å². The monoisotopic (exact) mass is 430 g/mol. The van der Waals surface area contributed by atoms with Gasteiger partial charge in [-0.05, 0) is 25.2 Å². The molecule has 0 unspecified atom stereocenters. The van der Waals surface area contributed by atoms with Gasteiger partial charge in [-0.1, -0.05) is 13.8 Å². The Bertz CT molecular complexity index is 938. The van der Waals surface area contributed by atoms with Gasteiger partial charge in [-0.3, -0.25) is 9.59 Å². The molecule has 2 aromatic rings. The Kier molecular flexibility index (Phi) is 6.93. The third kappa shape index (κ3) is 5.04. The van der Waals surface area contributed by atoms with Crippen molar-refractivity contribution in [1.29, 1.82) is 0 Å². The van der Waals surface area contributed by atoms with Crippen LogP contribution in [0.15, 0.2) is 12.4 Å². The van der Waals surface area contributed by atoms with E-state index in [1.807, 2.05) is 9.58 Å². The molecule has 166 valence electrons. The lowest BCUT2D eigenvalue weighted by Gasteiger charge is -2.35. The van der Waals surface area contributed by atoms with E-state index in [0.717, 1.165) is 30.9 Å². The summed E-state index contributed by atoms with van der Waals surface area (Å²) in [4.78, 5) is 47.8. The molecule has 3 heterocycles. The van der Waals surface area contributed by atoms with Crippen LogP contribution < -0.4 is 0 Å². The molecule has 1 N–H and O–H groups in total. The van der Waals surface area contributed by atoms with Gasteiger partial charge in [-0.2, -0.15) is 5.10 Å². The average Bonchev–Trinajstić information content (AvgIpc) is 3.52. The zero-order chi connectivity index (χ0) is 22.5. The number of amides is 1. The number of carbonyl (C=O) groups excluding carboxylic acids is 2. The highest BCUT2D eigenvalue weighted by Gasteiger charge is 2.37. The maximum atomic E-state index is 13.2. The molecule has 1 saturated carbocycles. The molecule has 0 aromatic carbocycles. The Balaban J connectivity index is 0.000000858. The van der Waals surface area contributed by atoms with Crippen LogP contribution in [0.3, 0.4) is 0 Å². The van der Waals surface area contributed by atoms with Crippen molar-refractivity contribution < 1.29 is 24.2 Å². The van der Waals surface area contributed by atoms with Crippen molar-refractivity contribution in [2.45, 2.75) is 51.6 Å². The fourth-order valence-corrected chi connectivity index (χ4v) is 3.51. The first-order chi connectivity index (χ1) is 14.9. The number of rotatable bonds is 5. The van der Waals surface area contributed by atoms with Crippen molar-refractivity contribution in [3.8, 4) is 0 Å². The molecular weight excluding hydrogens is 404 g/mol. The highest BCUT2D eigenvalue weighted by atomic mass is 16.5. The summed E-state index contributed by atoms with van der Waals surface area (Å²) in [6, 6.07) is -0.150. The van der Waals surface area contributed by atoms with Crippen molar-refractivity contribution in [2.24, 2.45) is 5.92 Å². The second kappa shape index (κ2) is 9.63. The number of esters is 1. The van der Waals surface area contributed by atoms with Crippen LogP contribution >= 0.6 is 0 Å². The van der Waals surface area contributed by atoms with Crippen LogP contribution in [0.1, 0.15) is 77.7 Å². The number of carbonyl (C=O) groups is 3. The number of carboxylic acid groups (broad SMARTS) is 1. The number of hydrogen-bond donors (Lipinski definition) is 1. The summed E-state index contributed by atoms with van der Waals surface area (Å²) in [7, 11) is 1.28. The fourth-order valence-electron chi connectivity index (χ4n) is 3.51. The van der Waals surface area contributed by atoms with Gasteiger partial charge in [-0.25, -0.2) is 24.4 Å². The summed E-state index contributed by atoms with van der Waals surface area (Å²) in [5, 5.41) is 11.6. The van der Waals surface area contributed by atoms with Gasteiger partial charge in [-0.15, -0.1) is 0 Å². The van der Waals surface area contributed by atoms with E-state index < -0.39 is 5.97 Å². The van der Waals surface area contributed by atoms with Gasteiger partial charge >= 0.3 is 5.97 Å². The first-order valence-corrected chi connectivity index (χ1v) is 10.1. The van der Waals surface area contributed by atoms with Crippen molar-refractivity contribution in [1.82, 2.24) is 29.6 Å². The van der Waals surface area contributed by atoms with Gasteiger partial charge < -0.3 is 14.7 Å². The zero-order valence-corrected chi connectivity index (χ0v) is 17.8. The number of aromatic nitrogens is 5. The summed E-state index contributed by atoms with van der Waals surface area (Å²) in [5.41, 5.74) is 0.280. The van der Waals surface area contributed by atoms with Crippen LogP contribution in [-0.2, 0) is 16.1 Å². The molecule has 11 nitrogen and oxygen atoms in total. The molecule has 0 saturated heterocycles. The summed E-state index contributed by atoms with van der Waals surface area (Å²) in [6.45, 7) is 5.16. The summed E-state index contributed by atoms with van der Waals surface area (Å²) in [5.74, 6) is 1.83. The molecule has 1 aliphatic carbocycles. The van der Waals surface area contributed by atoms with E-state index in [-0.39, 0.29) is 29.8 Å². The van der Waals surface area contributed by atoms with Gasteiger partial charge in [0, 0.05) is 12.5 Å². The number of nitrogens with zero attached hydrogens (tertiary/aromatic N) is 6. The van der Waals surface area contributed by atoms with E-state index >= 15 is 0 Å². The second-order valence-corrected chi connectivity index (χ2v) is 7.85. The maximum absolute atomic E-state index is 13.2. The van der Waals surface area contributed by atoms with Crippen LogP contribution in [0.4, 0.5) is 0 Å². The highest BCUT2D eigenvalue weighted by Crippen LogP contribution is 2.40. The Morgan fingerprint density at radius 2 is 1.87 bits per heavy atom.